The average molecular weight is 165 g/mol. The van der Waals surface area contributed by atoms with Gasteiger partial charge in [-0.2, -0.15) is 0 Å². The summed E-state index contributed by atoms with van der Waals surface area (Å²) >= 11 is 0. The van der Waals surface area contributed by atoms with E-state index in [1.807, 2.05) is 6.92 Å². The van der Waals surface area contributed by atoms with Crippen LogP contribution in [0.1, 0.15) is 38.6 Å². The molecule has 64 valence electrons. The third-order valence-electron chi connectivity index (χ3n) is 1.69. The molecule has 0 bridgehead atoms. The third-order valence-corrected chi connectivity index (χ3v) is 1.69. The van der Waals surface area contributed by atoms with Crippen LogP contribution in [0.25, 0.3) is 5.57 Å². The highest BCUT2D eigenvalue weighted by Crippen LogP contribution is 2.17. The van der Waals surface area contributed by atoms with Crippen molar-refractivity contribution in [3.05, 3.63) is 42.4 Å². The zero-order chi connectivity index (χ0) is 13.2. The van der Waals surface area contributed by atoms with Crippen molar-refractivity contribution in [2.75, 3.05) is 0 Å². The number of rotatable bonds is 4. The molecule has 0 nitrogen and oxygen atoms in total. The lowest BCUT2D eigenvalue weighted by atomic mass is 10.0. The first kappa shape index (κ1) is 4.27. The molecule has 0 radical (unpaired) electrons. The molecule has 0 unspecified atom stereocenters. The minimum atomic E-state index is -0.355. The van der Waals surface area contributed by atoms with E-state index in [9.17, 15) is 0 Å². The molecule has 0 heteroatoms. The van der Waals surface area contributed by atoms with Crippen LogP contribution in [-0.4, -0.2) is 0 Å². The molecule has 12 heavy (non-hydrogen) atoms. The minimum absolute atomic E-state index is 0.155. The summed E-state index contributed by atoms with van der Waals surface area (Å²) in [5.74, 6) is 0. The Hall–Kier alpha value is -1.04. The van der Waals surface area contributed by atoms with Crippen molar-refractivity contribution in [1.29, 1.82) is 0 Å². The highest BCUT2D eigenvalue weighted by molar-refractivity contribution is 5.62. The lowest BCUT2D eigenvalue weighted by Crippen LogP contribution is -1.81. The summed E-state index contributed by atoms with van der Waals surface area (Å²) in [6, 6.07) is -1.25. The van der Waals surface area contributed by atoms with E-state index in [1.165, 1.54) is 0 Å². The van der Waals surface area contributed by atoms with Crippen LogP contribution in [-0.2, 0) is 0 Å². The molecule has 0 amide bonds. The first-order valence-corrected chi connectivity index (χ1v) is 4.16. The molecule has 0 fully saturated rings. The van der Waals surface area contributed by atoms with E-state index >= 15 is 0 Å². The van der Waals surface area contributed by atoms with Gasteiger partial charge in [0.15, 0.2) is 0 Å². The third kappa shape index (κ3) is 2.54. The monoisotopic (exact) mass is 165 g/mol. The summed E-state index contributed by atoms with van der Waals surface area (Å²) in [7, 11) is 0. The number of benzene rings is 1. The predicted octanol–water partition coefficient (Wildman–Crippen LogP) is 3.89. The van der Waals surface area contributed by atoms with Gasteiger partial charge in [0.1, 0.15) is 0 Å². The number of unbranched alkanes of at least 4 members (excludes halogenated alkanes) is 1. The lowest BCUT2D eigenvalue weighted by molar-refractivity contribution is 0.825. The van der Waals surface area contributed by atoms with Crippen LogP contribution < -0.4 is 0 Å². The van der Waals surface area contributed by atoms with Crippen molar-refractivity contribution in [3.8, 4) is 0 Å². The van der Waals surface area contributed by atoms with Crippen LogP contribution in [0.3, 0.4) is 0 Å². The fourth-order valence-corrected chi connectivity index (χ4v) is 0.942. The van der Waals surface area contributed by atoms with Gasteiger partial charge in [-0.05, 0) is 24.0 Å². The summed E-state index contributed by atoms with van der Waals surface area (Å²) < 4.78 is 38.1. The standard InChI is InChI=1S/C12H16/c1-3-4-8-11(2)12-9-6-5-7-10-12/h5-7,9-10H,2-4,8H2,1H3/i5D,6D,7D,9D,10D. The summed E-state index contributed by atoms with van der Waals surface area (Å²) in [6.45, 7) is 5.87. The van der Waals surface area contributed by atoms with Crippen molar-refractivity contribution in [1.82, 2.24) is 0 Å². The van der Waals surface area contributed by atoms with Crippen molar-refractivity contribution in [2.24, 2.45) is 0 Å². The summed E-state index contributed by atoms with van der Waals surface area (Å²) in [4.78, 5) is 0. The zero-order valence-electron chi connectivity index (χ0n) is 12.3. The molecule has 0 saturated heterocycles. The lowest BCUT2D eigenvalue weighted by Gasteiger charge is -2.03. The van der Waals surface area contributed by atoms with Crippen LogP contribution in [0, 0.1) is 0 Å². The van der Waals surface area contributed by atoms with Crippen molar-refractivity contribution < 1.29 is 6.85 Å². The van der Waals surface area contributed by atoms with E-state index in [-0.39, 0.29) is 35.8 Å². The van der Waals surface area contributed by atoms with Crippen molar-refractivity contribution >= 4 is 5.57 Å². The molecule has 0 aliphatic heterocycles. The quantitative estimate of drug-likeness (QED) is 0.635. The average Bonchev–Trinajstić information content (AvgIpc) is 2.31. The smallest absolute Gasteiger partial charge is 0.0629 e. The Bertz CT molecular complexity index is 422. The Labute approximate surface area is 82.0 Å². The first-order chi connectivity index (χ1) is 7.91. The van der Waals surface area contributed by atoms with E-state index < -0.39 is 0 Å². The molecule has 1 aromatic rings. The molecule has 0 aromatic heterocycles. The normalized spacial score (nSPS) is 15.6. The molecule has 0 N–H and O–H groups in total. The second kappa shape index (κ2) is 4.76. The SMILES string of the molecule is [2H]c1c([2H])c([2H])c(C(=C)CCCC)c([2H])c1[2H]. The second-order valence-corrected chi connectivity index (χ2v) is 2.71. The molecule has 0 aliphatic rings. The Morgan fingerprint density at radius 2 is 2.08 bits per heavy atom. The summed E-state index contributed by atoms with van der Waals surface area (Å²) in [5, 5.41) is 0. The van der Waals surface area contributed by atoms with E-state index in [0.29, 0.717) is 12.0 Å². The van der Waals surface area contributed by atoms with Gasteiger partial charge >= 0.3 is 0 Å². The van der Waals surface area contributed by atoms with Gasteiger partial charge in [0.2, 0.25) is 0 Å². The topological polar surface area (TPSA) is 0 Å². The molecule has 0 spiro atoms. The fourth-order valence-electron chi connectivity index (χ4n) is 0.942. The maximum atomic E-state index is 7.77. The van der Waals surface area contributed by atoms with Crippen molar-refractivity contribution in [3.63, 3.8) is 0 Å². The number of allylic oxidation sites excluding steroid dienone is 1. The largest absolute Gasteiger partial charge is 0.0952 e. The Morgan fingerprint density at radius 1 is 1.42 bits per heavy atom. The Kier molecular flexibility index (Phi) is 1.69. The van der Waals surface area contributed by atoms with Gasteiger partial charge in [-0.15, -0.1) is 0 Å². The predicted molar refractivity (Wildman–Crippen MR) is 55.0 cm³/mol. The number of hydrogen-bond acceptors (Lipinski definition) is 0. The highest BCUT2D eigenvalue weighted by Gasteiger charge is 1.95. The van der Waals surface area contributed by atoms with Crippen molar-refractivity contribution in [2.45, 2.75) is 26.2 Å². The molecule has 1 aromatic carbocycles. The fraction of sp³-hybridized carbons (Fsp3) is 0.333. The number of hydrogen-bond donors (Lipinski definition) is 0. The molecule has 0 saturated carbocycles. The second-order valence-electron chi connectivity index (χ2n) is 2.71. The molecule has 0 atom stereocenters. The Morgan fingerprint density at radius 3 is 2.67 bits per heavy atom. The molecule has 1 rings (SSSR count). The molecular formula is C12H16. The summed E-state index contributed by atoms with van der Waals surface area (Å²) in [5.41, 5.74) is 0.869. The van der Waals surface area contributed by atoms with E-state index in [0.717, 1.165) is 12.8 Å². The maximum Gasteiger partial charge on any atom is 0.0629 e. The van der Waals surface area contributed by atoms with Gasteiger partial charge < -0.3 is 0 Å². The molecule has 0 heterocycles. The maximum absolute atomic E-state index is 7.77. The van der Waals surface area contributed by atoms with Crippen LogP contribution >= 0.6 is 0 Å². The highest BCUT2D eigenvalue weighted by atomic mass is 14.0. The van der Waals surface area contributed by atoms with Gasteiger partial charge in [-0.1, -0.05) is 50.1 Å². The minimum Gasteiger partial charge on any atom is -0.0952 e. The van der Waals surface area contributed by atoms with Gasteiger partial charge in [0, 0.05) is 0 Å². The van der Waals surface area contributed by atoms with Crippen LogP contribution in [0.15, 0.2) is 36.8 Å². The first-order valence-electron chi connectivity index (χ1n) is 6.66. The zero-order valence-corrected chi connectivity index (χ0v) is 7.33. The van der Waals surface area contributed by atoms with E-state index in [2.05, 4.69) is 6.58 Å². The molecule has 0 aliphatic carbocycles. The van der Waals surface area contributed by atoms with Crippen LogP contribution in [0.4, 0.5) is 0 Å². The van der Waals surface area contributed by atoms with Gasteiger partial charge in [-0.3, -0.25) is 0 Å². The van der Waals surface area contributed by atoms with E-state index in [4.69, 9.17) is 6.85 Å². The Balaban J connectivity index is 3.29. The van der Waals surface area contributed by atoms with Gasteiger partial charge in [0.05, 0.1) is 6.85 Å². The van der Waals surface area contributed by atoms with Crippen LogP contribution in [0.2, 0.25) is 0 Å². The summed E-state index contributed by atoms with van der Waals surface area (Å²) in [6.07, 6.45) is 2.54. The van der Waals surface area contributed by atoms with E-state index in [1.54, 1.807) is 0 Å². The van der Waals surface area contributed by atoms with Gasteiger partial charge in [0.25, 0.3) is 0 Å². The molecular weight excluding hydrogens is 144 g/mol. The van der Waals surface area contributed by atoms with Gasteiger partial charge in [-0.25, -0.2) is 0 Å². The van der Waals surface area contributed by atoms with Crippen LogP contribution in [0.5, 0.6) is 0 Å².